The Bertz CT molecular complexity index is 447. The highest BCUT2D eigenvalue weighted by molar-refractivity contribution is 5.79. The Morgan fingerprint density at radius 2 is 2.00 bits per heavy atom. The number of unbranched alkanes of at least 4 members (excludes halogenated alkanes) is 2. The maximum absolute atomic E-state index is 10.1. The van der Waals surface area contributed by atoms with Gasteiger partial charge in [-0.3, -0.25) is 0 Å². The quantitative estimate of drug-likeness (QED) is 0.759. The summed E-state index contributed by atoms with van der Waals surface area (Å²) in [6, 6.07) is 10.2. The van der Waals surface area contributed by atoms with E-state index >= 15 is 0 Å². The number of aliphatic hydroxyl groups excluding tert-OH is 1. The number of aliphatic hydroxyl groups is 1. The largest absolute Gasteiger partial charge is 0.373 e. The Labute approximate surface area is 96.5 Å². The van der Waals surface area contributed by atoms with E-state index in [0.29, 0.717) is 0 Å². The average molecular weight is 217 g/mol. The van der Waals surface area contributed by atoms with E-state index in [1.54, 1.807) is 0 Å². The molecule has 0 saturated carbocycles. The second-order valence-electron chi connectivity index (χ2n) is 4.26. The maximum atomic E-state index is 10.1. The fourth-order valence-electron chi connectivity index (χ4n) is 2.08. The van der Waals surface area contributed by atoms with Crippen LogP contribution in [0, 0.1) is 0 Å². The van der Waals surface area contributed by atoms with Gasteiger partial charge in [0.2, 0.25) is 0 Å². The monoisotopic (exact) mass is 217 g/mol. The lowest BCUT2D eigenvalue weighted by Gasteiger charge is -2.13. The summed E-state index contributed by atoms with van der Waals surface area (Å²) in [6.45, 7) is 2.18. The summed E-state index contributed by atoms with van der Waals surface area (Å²) < 4.78 is 1.96. The van der Waals surface area contributed by atoms with Crippen LogP contribution in [0.5, 0.6) is 0 Å². The molecule has 0 radical (unpaired) electrons. The van der Waals surface area contributed by atoms with Gasteiger partial charge in [-0.05, 0) is 30.4 Å². The number of para-hydroxylation sites is 1. The zero-order chi connectivity index (χ0) is 11.4. The molecule has 2 nitrogen and oxygen atoms in total. The fourth-order valence-corrected chi connectivity index (χ4v) is 2.08. The van der Waals surface area contributed by atoms with Crippen molar-refractivity contribution in [3.8, 4) is 0 Å². The predicted molar refractivity (Wildman–Crippen MR) is 67.3 cm³/mol. The summed E-state index contributed by atoms with van der Waals surface area (Å²) in [7, 11) is 0. The Balaban J connectivity index is 2.13. The van der Waals surface area contributed by atoms with Crippen molar-refractivity contribution in [3.05, 3.63) is 36.5 Å². The topological polar surface area (TPSA) is 25.2 Å². The van der Waals surface area contributed by atoms with Gasteiger partial charge in [0.1, 0.15) is 6.23 Å². The molecule has 0 saturated heterocycles. The number of rotatable bonds is 5. The van der Waals surface area contributed by atoms with Crippen molar-refractivity contribution in [2.45, 2.75) is 38.8 Å². The molecule has 1 atom stereocenters. The van der Waals surface area contributed by atoms with Gasteiger partial charge in [-0.15, -0.1) is 0 Å². The first-order valence-electron chi connectivity index (χ1n) is 6.06. The summed E-state index contributed by atoms with van der Waals surface area (Å²) in [5.41, 5.74) is 1.12. The number of hydrogen-bond donors (Lipinski definition) is 1. The summed E-state index contributed by atoms with van der Waals surface area (Å²) in [5, 5.41) is 11.3. The number of aromatic nitrogens is 1. The molecule has 16 heavy (non-hydrogen) atoms. The highest BCUT2D eigenvalue weighted by Crippen LogP contribution is 2.21. The van der Waals surface area contributed by atoms with Crippen molar-refractivity contribution < 1.29 is 5.11 Å². The van der Waals surface area contributed by atoms with Gasteiger partial charge < -0.3 is 9.67 Å². The molecule has 0 spiro atoms. The van der Waals surface area contributed by atoms with Crippen LogP contribution in [-0.2, 0) is 0 Å². The van der Waals surface area contributed by atoms with Crippen LogP contribution < -0.4 is 0 Å². The van der Waals surface area contributed by atoms with Gasteiger partial charge in [0.05, 0.1) is 5.52 Å². The van der Waals surface area contributed by atoms with E-state index in [0.717, 1.165) is 18.4 Å². The molecule has 1 aromatic carbocycles. The molecular weight excluding hydrogens is 198 g/mol. The van der Waals surface area contributed by atoms with Gasteiger partial charge in [0.15, 0.2) is 0 Å². The van der Waals surface area contributed by atoms with Crippen molar-refractivity contribution in [3.63, 3.8) is 0 Å². The van der Waals surface area contributed by atoms with Gasteiger partial charge in [0, 0.05) is 6.20 Å². The van der Waals surface area contributed by atoms with Crippen LogP contribution in [0.4, 0.5) is 0 Å². The lowest BCUT2D eigenvalue weighted by atomic mass is 10.2. The average Bonchev–Trinajstić information content (AvgIpc) is 2.73. The van der Waals surface area contributed by atoms with E-state index < -0.39 is 0 Å². The zero-order valence-electron chi connectivity index (χ0n) is 9.76. The van der Waals surface area contributed by atoms with Gasteiger partial charge in [-0.2, -0.15) is 0 Å². The third-order valence-electron chi connectivity index (χ3n) is 3.02. The minimum atomic E-state index is -0.383. The molecule has 0 aliphatic carbocycles. The molecular formula is C14H19NO. The van der Waals surface area contributed by atoms with Crippen LogP contribution in [0.3, 0.4) is 0 Å². The van der Waals surface area contributed by atoms with Crippen molar-refractivity contribution in [1.82, 2.24) is 4.57 Å². The van der Waals surface area contributed by atoms with E-state index in [4.69, 9.17) is 0 Å². The predicted octanol–water partition coefficient (Wildman–Crippen LogP) is 3.71. The lowest BCUT2D eigenvalue weighted by Crippen LogP contribution is -2.06. The molecule has 2 heteroatoms. The highest BCUT2D eigenvalue weighted by atomic mass is 16.3. The molecule has 0 aliphatic heterocycles. The molecule has 1 unspecified atom stereocenters. The molecule has 1 aromatic heterocycles. The van der Waals surface area contributed by atoms with Crippen molar-refractivity contribution in [2.75, 3.05) is 0 Å². The number of nitrogens with zero attached hydrogens (tertiary/aromatic N) is 1. The summed E-state index contributed by atoms with van der Waals surface area (Å²) >= 11 is 0. The van der Waals surface area contributed by atoms with Gasteiger partial charge in [0.25, 0.3) is 0 Å². The second-order valence-corrected chi connectivity index (χ2v) is 4.26. The summed E-state index contributed by atoms with van der Waals surface area (Å²) in [4.78, 5) is 0. The lowest BCUT2D eigenvalue weighted by molar-refractivity contribution is 0.0961. The van der Waals surface area contributed by atoms with Crippen LogP contribution >= 0.6 is 0 Å². The van der Waals surface area contributed by atoms with Crippen LogP contribution in [-0.4, -0.2) is 9.67 Å². The van der Waals surface area contributed by atoms with E-state index in [2.05, 4.69) is 25.1 Å². The molecule has 0 fully saturated rings. The third-order valence-corrected chi connectivity index (χ3v) is 3.02. The van der Waals surface area contributed by atoms with Gasteiger partial charge in [-0.25, -0.2) is 0 Å². The van der Waals surface area contributed by atoms with E-state index in [9.17, 15) is 5.11 Å². The summed E-state index contributed by atoms with van der Waals surface area (Å²) in [6.07, 6.45) is 5.90. The van der Waals surface area contributed by atoms with Crippen LogP contribution in [0.25, 0.3) is 10.9 Å². The molecule has 0 amide bonds. The molecule has 86 valence electrons. The van der Waals surface area contributed by atoms with Crippen molar-refractivity contribution in [2.24, 2.45) is 0 Å². The Hall–Kier alpha value is -1.28. The fraction of sp³-hybridized carbons (Fsp3) is 0.429. The standard InChI is InChI=1S/C14H19NO/c1-2-3-4-9-14(16)15-11-10-12-7-5-6-8-13(12)15/h5-8,10-11,14,16H,2-4,9H2,1H3. The first-order chi connectivity index (χ1) is 7.83. The number of benzene rings is 1. The van der Waals surface area contributed by atoms with Crippen LogP contribution in [0.15, 0.2) is 36.5 Å². The molecule has 1 heterocycles. The Morgan fingerprint density at radius 1 is 1.19 bits per heavy atom. The molecule has 2 rings (SSSR count). The van der Waals surface area contributed by atoms with E-state index in [-0.39, 0.29) is 6.23 Å². The zero-order valence-corrected chi connectivity index (χ0v) is 9.76. The SMILES string of the molecule is CCCCCC(O)n1ccc2ccccc21. The van der Waals surface area contributed by atoms with Crippen LogP contribution in [0.1, 0.15) is 38.8 Å². The van der Waals surface area contributed by atoms with Crippen molar-refractivity contribution >= 4 is 10.9 Å². The number of fused-ring (bicyclic) bond motifs is 1. The first-order valence-corrected chi connectivity index (χ1v) is 6.06. The number of hydrogen-bond acceptors (Lipinski definition) is 1. The van der Waals surface area contributed by atoms with Gasteiger partial charge in [-0.1, -0.05) is 38.0 Å². The van der Waals surface area contributed by atoms with Crippen molar-refractivity contribution in [1.29, 1.82) is 0 Å². The summed E-state index contributed by atoms with van der Waals surface area (Å²) in [5.74, 6) is 0. The molecule has 1 N–H and O–H groups in total. The molecule has 0 bridgehead atoms. The molecule has 2 aromatic rings. The van der Waals surface area contributed by atoms with E-state index in [1.165, 1.54) is 18.2 Å². The first kappa shape index (κ1) is 11.2. The minimum Gasteiger partial charge on any atom is -0.373 e. The van der Waals surface area contributed by atoms with Crippen LogP contribution in [0.2, 0.25) is 0 Å². The minimum absolute atomic E-state index is 0.383. The normalized spacial score (nSPS) is 13.1. The maximum Gasteiger partial charge on any atom is 0.130 e. The van der Waals surface area contributed by atoms with E-state index in [1.807, 2.05) is 22.9 Å². The highest BCUT2D eigenvalue weighted by Gasteiger charge is 2.08. The smallest absolute Gasteiger partial charge is 0.130 e. The second kappa shape index (κ2) is 5.17. The Morgan fingerprint density at radius 3 is 2.81 bits per heavy atom. The molecule has 0 aliphatic rings. The van der Waals surface area contributed by atoms with Gasteiger partial charge >= 0.3 is 0 Å². The Kier molecular flexibility index (Phi) is 3.62. The third kappa shape index (κ3) is 2.27.